The van der Waals surface area contributed by atoms with E-state index in [9.17, 15) is 4.79 Å². The summed E-state index contributed by atoms with van der Waals surface area (Å²) in [5.74, 6) is 1.23. The summed E-state index contributed by atoms with van der Waals surface area (Å²) in [6.07, 6.45) is 2.64. The van der Waals surface area contributed by atoms with Crippen molar-refractivity contribution in [2.24, 2.45) is 10.9 Å². The van der Waals surface area contributed by atoms with Crippen molar-refractivity contribution in [1.82, 2.24) is 10.6 Å². The largest absolute Gasteiger partial charge is 0.469 e. The second-order valence-corrected chi connectivity index (χ2v) is 4.84. The lowest BCUT2D eigenvalue weighted by atomic mass is 10.0. The van der Waals surface area contributed by atoms with Gasteiger partial charge < -0.3 is 15.4 Å². The highest BCUT2D eigenvalue weighted by Gasteiger charge is 2.07. The Morgan fingerprint density at radius 1 is 1.26 bits per heavy atom. The van der Waals surface area contributed by atoms with Gasteiger partial charge in [0.1, 0.15) is 0 Å². The van der Waals surface area contributed by atoms with Gasteiger partial charge in [0.25, 0.3) is 0 Å². The van der Waals surface area contributed by atoms with Gasteiger partial charge in [0.2, 0.25) is 0 Å². The minimum atomic E-state index is -0.217. The first kappa shape index (κ1) is 20.8. The summed E-state index contributed by atoms with van der Waals surface area (Å²) < 4.78 is 4.57. The normalized spacial score (nSPS) is 12.6. The van der Waals surface area contributed by atoms with Crippen molar-refractivity contribution in [3.05, 3.63) is 0 Å². The van der Waals surface area contributed by atoms with Crippen LogP contribution in [0.3, 0.4) is 0 Å². The number of guanidine groups is 1. The minimum absolute atomic E-state index is 0. The molecule has 6 heteroatoms. The van der Waals surface area contributed by atoms with Gasteiger partial charge in [-0.1, -0.05) is 13.8 Å². The van der Waals surface area contributed by atoms with Crippen molar-refractivity contribution in [3.63, 3.8) is 0 Å². The monoisotopic (exact) mass is 385 g/mol. The number of esters is 1. The van der Waals surface area contributed by atoms with Crippen LogP contribution in [-0.2, 0) is 9.53 Å². The van der Waals surface area contributed by atoms with E-state index in [1.165, 1.54) is 13.5 Å². The molecule has 0 saturated carbocycles. The number of methoxy groups -OCH3 is 1. The second kappa shape index (κ2) is 12.5. The van der Waals surface area contributed by atoms with Crippen LogP contribution >= 0.6 is 24.0 Å². The summed E-state index contributed by atoms with van der Waals surface area (Å²) in [5.41, 5.74) is 0. The van der Waals surface area contributed by atoms with Crippen LogP contribution in [0, 0.1) is 5.92 Å². The molecule has 0 rings (SSSR count). The van der Waals surface area contributed by atoms with E-state index >= 15 is 0 Å². The van der Waals surface area contributed by atoms with Crippen LogP contribution in [0.25, 0.3) is 0 Å². The first-order valence-corrected chi connectivity index (χ1v) is 6.53. The van der Waals surface area contributed by atoms with E-state index in [-0.39, 0.29) is 29.9 Å². The quantitative estimate of drug-likeness (QED) is 0.305. The summed E-state index contributed by atoms with van der Waals surface area (Å²) >= 11 is 0. The number of nitrogens with one attached hydrogen (secondary N) is 2. The molecule has 1 unspecified atom stereocenters. The zero-order valence-corrected chi connectivity index (χ0v) is 15.0. The molecule has 0 aromatic heterocycles. The maximum Gasteiger partial charge on any atom is 0.307 e. The average molecular weight is 385 g/mol. The molecule has 0 bridgehead atoms. The van der Waals surface area contributed by atoms with E-state index in [0.717, 1.165) is 12.4 Å². The topological polar surface area (TPSA) is 62.7 Å². The van der Waals surface area contributed by atoms with Crippen LogP contribution in [0.15, 0.2) is 4.99 Å². The number of ether oxygens (including phenoxy) is 1. The molecule has 0 aliphatic heterocycles. The van der Waals surface area contributed by atoms with Crippen molar-refractivity contribution in [3.8, 4) is 0 Å². The molecule has 1 atom stereocenters. The van der Waals surface area contributed by atoms with Crippen LogP contribution in [0.4, 0.5) is 0 Å². The Bertz CT molecular complexity index is 271. The molecule has 19 heavy (non-hydrogen) atoms. The molecule has 0 aromatic rings. The zero-order chi connectivity index (χ0) is 14.0. The standard InChI is InChI=1S/C13H27N3O2.HI/c1-10(2)6-7-11(3)16-13(14-4)15-9-8-12(17)18-5;/h10-11H,6-9H2,1-5H3,(H2,14,15,16);1H. The molecule has 0 aliphatic carbocycles. The van der Waals surface area contributed by atoms with Gasteiger partial charge in [0.15, 0.2) is 5.96 Å². The fourth-order valence-corrected chi connectivity index (χ4v) is 1.47. The molecule has 0 aliphatic rings. The Morgan fingerprint density at radius 2 is 1.89 bits per heavy atom. The fraction of sp³-hybridized carbons (Fsp3) is 0.846. The lowest BCUT2D eigenvalue weighted by molar-refractivity contribution is -0.140. The Morgan fingerprint density at radius 3 is 2.37 bits per heavy atom. The van der Waals surface area contributed by atoms with Gasteiger partial charge in [0, 0.05) is 19.6 Å². The smallest absolute Gasteiger partial charge is 0.307 e. The van der Waals surface area contributed by atoms with Gasteiger partial charge in [-0.25, -0.2) is 0 Å². The molecule has 0 amide bonds. The first-order chi connectivity index (χ1) is 8.49. The maximum absolute atomic E-state index is 11.0. The first-order valence-electron chi connectivity index (χ1n) is 6.53. The number of halogens is 1. The van der Waals surface area contributed by atoms with E-state index in [1.807, 2.05) is 0 Å². The van der Waals surface area contributed by atoms with Crippen molar-refractivity contribution >= 4 is 35.9 Å². The van der Waals surface area contributed by atoms with E-state index in [0.29, 0.717) is 24.9 Å². The SMILES string of the molecule is CN=C(NCCC(=O)OC)NC(C)CCC(C)C.I. The zero-order valence-electron chi connectivity index (χ0n) is 12.7. The van der Waals surface area contributed by atoms with Gasteiger partial charge in [-0.3, -0.25) is 9.79 Å². The fourth-order valence-electron chi connectivity index (χ4n) is 1.47. The van der Waals surface area contributed by atoms with Crippen molar-refractivity contribution in [2.75, 3.05) is 20.7 Å². The van der Waals surface area contributed by atoms with Gasteiger partial charge >= 0.3 is 5.97 Å². The lowest BCUT2D eigenvalue weighted by Gasteiger charge is -2.18. The van der Waals surface area contributed by atoms with Crippen molar-refractivity contribution in [2.45, 2.75) is 46.1 Å². The van der Waals surface area contributed by atoms with Crippen LogP contribution in [0.1, 0.15) is 40.0 Å². The molecule has 0 radical (unpaired) electrons. The molecule has 5 nitrogen and oxygen atoms in total. The number of nitrogens with zero attached hydrogens (tertiary/aromatic N) is 1. The molecule has 2 N–H and O–H groups in total. The van der Waals surface area contributed by atoms with Gasteiger partial charge in [0.05, 0.1) is 13.5 Å². The number of rotatable bonds is 7. The van der Waals surface area contributed by atoms with E-state index in [4.69, 9.17) is 0 Å². The number of carbonyl (C=O) groups excluding carboxylic acids is 1. The van der Waals surface area contributed by atoms with Gasteiger partial charge in [-0.05, 0) is 25.7 Å². The molecular formula is C13H28IN3O2. The molecule has 0 aromatic carbocycles. The molecule has 0 fully saturated rings. The second-order valence-electron chi connectivity index (χ2n) is 4.84. The van der Waals surface area contributed by atoms with Gasteiger partial charge in [-0.15, -0.1) is 24.0 Å². The van der Waals surface area contributed by atoms with Crippen LogP contribution in [0.2, 0.25) is 0 Å². The number of hydrogen-bond acceptors (Lipinski definition) is 3. The van der Waals surface area contributed by atoms with Crippen molar-refractivity contribution < 1.29 is 9.53 Å². The Hall–Kier alpha value is -0.530. The van der Waals surface area contributed by atoms with E-state index in [1.54, 1.807) is 7.05 Å². The molecule has 0 saturated heterocycles. The number of carbonyl (C=O) groups is 1. The number of aliphatic imine (C=N–C) groups is 1. The van der Waals surface area contributed by atoms with Crippen LogP contribution < -0.4 is 10.6 Å². The summed E-state index contributed by atoms with van der Waals surface area (Å²) in [6.45, 7) is 7.10. The highest BCUT2D eigenvalue weighted by atomic mass is 127. The van der Waals surface area contributed by atoms with Crippen LogP contribution in [0.5, 0.6) is 0 Å². The predicted octanol–water partition coefficient (Wildman–Crippen LogP) is 2.16. The van der Waals surface area contributed by atoms with E-state index < -0.39 is 0 Å². The summed E-state index contributed by atoms with van der Waals surface area (Å²) in [5, 5.41) is 6.39. The van der Waals surface area contributed by atoms with E-state index in [2.05, 4.69) is 41.1 Å². The maximum atomic E-state index is 11.0. The predicted molar refractivity (Wildman–Crippen MR) is 90.1 cm³/mol. The Labute approximate surface area is 134 Å². The molecule has 0 spiro atoms. The minimum Gasteiger partial charge on any atom is -0.469 e. The molecular weight excluding hydrogens is 357 g/mol. The lowest BCUT2D eigenvalue weighted by Crippen LogP contribution is -2.43. The third kappa shape index (κ3) is 12.3. The Kier molecular flexibility index (Phi) is 13.7. The molecule has 114 valence electrons. The van der Waals surface area contributed by atoms with Crippen LogP contribution in [-0.4, -0.2) is 38.7 Å². The van der Waals surface area contributed by atoms with Crippen molar-refractivity contribution in [1.29, 1.82) is 0 Å². The average Bonchev–Trinajstić information content (AvgIpc) is 2.34. The molecule has 0 heterocycles. The highest BCUT2D eigenvalue weighted by Crippen LogP contribution is 2.06. The summed E-state index contributed by atoms with van der Waals surface area (Å²) in [7, 11) is 3.12. The van der Waals surface area contributed by atoms with Gasteiger partial charge in [-0.2, -0.15) is 0 Å². The number of hydrogen-bond donors (Lipinski definition) is 2. The Balaban J connectivity index is 0. The summed E-state index contributed by atoms with van der Waals surface area (Å²) in [6, 6.07) is 0.372. The third-order valence-corrected chi connectivity index (χ3v) is 2.63. The summed E-state index contributed by atoms with van der Waals surface area (Å²) in [4.78, 5) is 15.1. The highest BCUT2D eigenvalue weighted by molar-refractivity contribution is 14.0. The third-order valence-electron chi connectivity index (χ3n) is 2.63.